The number of rotatable bonds is 39. The van der Waals surface area contributed by atoms with E-state index in [0.717, 1.165) is 64.2 Å². The zero-order valence-corrected chi connectivity index (χ0v) is 35.7. The number of phosphoric acid groups is 1. The minimum atomic E-state index is -4.64. The van der Waals surface area contributed by atoms with Gasteiger partial charge < -0.3 is 29.3 Å². The highest BCUT2D eigenvalue weighted by Crippen LogP contribution is 2.43. The smallest absolute Gasteiger partial charge is 0.462 e. The van der Waals surface area contributed by atoms with Gasteiger partial charge in [-0.25, -0.2) is 4.57 Å². The van der Waals surface area contributed by atoms with Gasteiger partial charge in [0.15, 0.2) is 6.10 Å². The molecule has 0 aromatic rings. The fourth-order valence-corrected chi connectivity index (χ4v) is 6.63. The number of esters is 2. The Bertz CT molecular complexity index is 1140. The monoisotopic (exact) mass is 813 g/mol. The van der Waals surface area contributed by atoms with Crippen LogP contribution in [0.4, 0.5) is 0 Å². The van der Waals surface area contributed by atoms with Crippen molar-refractivity contribution in [2.45, 2.75) is 192 Å². The van der Waals surface area contributed by atoms with Crippen LogP contribution in [0.5, 0.6) is 0 Å². The number of carbonyl (C=O) groups excluding carboxylic acids is 2. The Morgan fingerprint density at radius 2 is 1.11 bits per heavy atom. The van der Waals surface area contributed by atoms with Crippen LogP contribution in [-0.4, -0.2) is 77.9 Å². The van der Waals surface area contributed by atoms with Gasteiger partial charge in [-0.05, 0) is 77.0 Å². The summed E-state index contributed by atoms with van der Waals surface area (Å²) in [5.41, 5.74) is 0. The molecule has 0 aliphatic carbocycles. The van der Waals surface area contributed by atoms with Gasteiger partial charge in [0.25, 0.3) is 0 Å². The first kappa shape index (κ1) is 51.9. The quantitative estimate of drug-likeness (QED) is 0.0178. The SMILES string of the molecule is CCCCC/C=C\C/C=C\CC1OC1C/C=C\CCCC(=O)O[C@H](COC(=O)CCCCCCC/C=C\CCCCCCCC)COP(=O)(O)OC[C@@H](O)CO. The molecule has 0 aromatic carbocycles. The predicted molar refractivity (Wildman–Crippen MR) is 223 cm³/mol. The highest BCUT2D eigenvalue weighted by Gasteiger charge is 2.36. The van der Waals surface area contributed by atoms with Crippen molar-refractivity contribution in [3.63, 3.8) is 0 Å². The van der Waals surface area contributed by atoms with Crippen LogP contribution < -0.4 is 0 Å². The predicted octanol–water partition coefficient (Wildman–Crippen LogP) is 10.3. The molecule has 11 nitrogen and oxygen atoms in total. The summed E-state index contributed by atoms with van der Waals surface area (Å²) in [6.45, 7) is 2.25. The molecule has 0 spiro atoms. The van der Waals surface area contributed by atoms with Crippen LogP contribution >= 0.6 is 7.82 Å². The summed E-state index contributed by atoms with van der Waals surface area (Å²) >= 11 is 0. The van der Waals surface area contributed by atoms with Crippen molar-refractivity contribution in [1.29, 1.82) is 0 Å². The van der Waals surface area contributed by atoms with Gasteiger partial charge in [0.05, 0.1) is 32.0 Å². The van der Waals surface area contributed by atoms with E-state index >= 15 is 0 Å². The van der Waals surface area contributed by atoms with Crippen molar-refractivity contribution >= 4 is 19.8 Å². The first-order valence-electron chi connectivity index (χ1n) is 21.7. The highest BCUT2D eigenvalue weighted by molar-refractivity contribution is 7.47. The molecule has 1 aliphatic rings. The lowest BCUT2D eigenvalue weighted by atomic mass is 10.1. The number of aliphatic hydroxyl groups is 2. The molecule has 1 fully saturated rings. The van der Waals surface area contributed by atoms with E-state index in [1.165, 1.54) is 57.8 Å². The largest absolute Gasteiger partial charge is 0.472 e. The van der Waals surface area contributed by atoms with Crippen LogP contribution in [0.15, 0.2) is 48.6 Å². The van der Waals surface area contributed by atoms with Crippen LogP contribution in [0.3, 0.4) is 0 Å². The molecule has 0 saturated carbocycles. The van der Waals surface area contributed by atoms with E-state index in [2.05, 4.69) is 60.9 Å². The Labute approximate surface area is 338 Å². The van der Waals surface area contributed by atoms with Gasteiger partial charge in [-0.1, -0.05) is 127 Å². The fraction of sp³-hybridized carbons (Fsp3) is 0.773. The maximum absolute atomic E-state index is 12.6. The van der Waals surface area contributed by atoms with Crippen molar-refractivity contribution in [1.82, 2.24) is 0 Å². The lowest BCUT2D eigenvalue weighted by molar-refractivity contribution is -0.161. The van der Waals surface area contributed by atoms with E-state index in [1.807, 2.05) is 6.08 Å². The van der Waals surface area contributed by atoms with Gasteiger partial charge in [-0.15, -0.1) is 0 Å². The number of carbonyl (C=O) groups is 2. The van der Waals surface area contributed by atoms with Crippen molar-refractivity contribution in [2.75, 3.05) is 26.4 Å². The number of hydrogen-bond acceptors (Lipinski definition) is 10. The topological polar surface area (TPSA) is 161 Å². The number of ether oxygens (including phenoxy) is 3. The summed E-state index contributed by atoms with van der Waals surface area (Å²) in [5.74, 6) is -1.01. The number of allylic oxidation sites excluding steroid dienone is 6. The number of phosphoric ester groups is 1. The number of aliphatic hydroxyl groups excluding tert-OH is 2. The normalized spacial score (nSPS) is 17.9. The third-order valence-electron chi connectivity index (χ3n) is 9.36. The molecule has 1 saturated heterocycles. The van der Waals surface area contributed by atoms with Crippen LogP contribution in [-0.2, 0) is 37.4 Å². The molecule has 1 rings (SSSR count). The first-order valence-corrected chi connectivity index (χ1v) is 23.2. The summed E-state index contributed by atoms with van der Waals surface area (Å²) in [6, 6.07) is 0. The third-order valence-corrected chi connectivity index (χ3v) is 10.3. The molecule has 3 unspecified atom stereocenters. The number of unbranched alkanes of at least 4 members (excludes halogenated alkanes) is 15. The maximum Gasteiger partial charge on any atom is 0.472 e. The van der Waals surface area contributed by atoms with Gasteiger partial charge in [0.2, 0.25) is 0 Å². The molecule has 0 amide bonds. The van der Waals surface area contributed by atoms with Gasteiger partial charge in [-0.3, -0.25) is 18.6 Å². The molecule has 12 heteroatoms. The van der Waals surface area contributed by atoms with Crippen LogP contribution in [0.2, 0.25) is 0 Å². The molecule has 5 atom stereocenters. The van der Waals surface area contributed by atoms with Crippen molar-refractivity contribution in [2.24, 2.45) is 0 Å². The Morgan fingerprint density at radius 1 is 0.625 bits per heavy atom. The van der Waals surface area contributed by atoms with E-state index in [-0.39, 0.29) is 31.7 Å². The van der Waals surface area contributed by atoms with Crippen LogP contribution in [0.25, 0.3) is 0 Å². The van der Waals surface area contributed by atoms with Crippen molar-refractivity contribution < 1.29 is 52.5 Å². The van der Waals surface area contributed by atoms with Gasteiger partial charge in [-0.2, -0.15) is 0 Å². The van der Waals surface area contributed by atoms with Gasteiger partial charge in [0, 0.05) is 12.8 Å². The molecule has 1 heterocycles. The van der Waals surface area contributed by atoms with Crippen molar-refractivity contribution in [3.05, 3.63) is 48.6 Å². The minimum absolute atomic E-state index is 0.0973. The van der Waals surface area contributed by atoms with Crippen LogP contribution in [0.1, 0.15) is 168 Å². The van der Waals surface area contributed by atoms with Gasteiger partial charge >= 0.3 is 19.8 Å². The van der Waals surface area contributed by atoms with E-state index < -0.39 is 51.8 Å². The highest BCUT2D eigenvalue weighted by atomic mass is 31.2. The number of hydrogen-bond donors (Lipinski definition) is 3. The summed E-state index contributed by atoms with van der Waals surface area (Å²) in [6.07, 6.45) is 39.6. The summed E-state index contributed by atoms with van der Waals surface area (Å²) in [7, 11) is -4.64. The average molecular weight is 813 g/mol. The lowest BCUT2D eigenvalue weighted by Crippen LogP contribution is -2.29. The molecule has 0 bridgehead atoms. The molecule has 56 heavy (non-hydrogen) atoms. The van der Waals surface area contributed by atoms with E-state index in [1.54, 1.807) is 0 Å². The molecule has 0 aromatic heterocycles. The standard InChI is InChI=1S/C44H77O11P/c1-3-5-7-9-11-13-14-15-16-17-18-20-22-24-29-33-43(47)51-37-40(38-53-56(49,50)52-36-39(46)35-45)54-44(48)34-30-26-25-28-32-42-41(55-42)31-27-23-21-19-12-10-8-6-4-2/h12,15-16,19,23,25,27-28,39-42,45-46H,3-11,13-14,17-18,20-22,24,26,29-38H2,1-2H3,(H,49,50)/b16-15-,19-12-,27-23-,28-25-/t39-,40+,41?,42?/m0/s1. The summed E-state index contributed by atoms with van der Waals surface area (Å²) < 4.78 is 38.4. The molecule has 0 radical (unpaired) electrons. The average Bonchev–Trinajstić information content (AvgIpc) is 3.94. The summed E-state index contributed by atoms with van der Waals surface area (Å²) in [4.78, 5) is 35.0. The zero-order chi connectivity index (χ0) is 41.0. The zero-order valence-electron chi connectivity index (χ0n) is 34.8. The Kier molecular flexibility index (Phi) is 33.4. The molecular formula is C44H77O11P. The maximum atomic E-state index is 12.6. The van der Waals surface area contributed by atoms with Gasteiger partial charge in [0.1, 0.15) is 12.7 Å². The fourth-order valence-electron chi connectivity index (χ4n) is 5.84. The second-order valence-corrected chi connectivity index (χ2v) is 16.2. The molecular weight excluding hydrogens is 735 g/mol. The third kappa shape index (κ3) is 32.9. The minimum Gasteiger partial charge on any atom is -0.462 e. The molecule has 1 aliphatic heterocycles. The van der Waals surface area contributed by atoms with E-state index in [4.69, 9.17) is 23.8 Å². The molecule has 324 valence electrons. The van der Waals surface area contributed by atoms with Crippen molar-refractivity contribution in [3.8, 4) is 0 Å². The first-order chi connectivity index (χ1) is 27.2. The lowest BCUT2D eigenvalue weighted by Gasteiger charge is -2.20. The Morgan fingerprint density at radius 3 is 1.77 bits per heavy atom. The molecule has 3 N–H and O–H groups in total. The second-order valence-electron chi connectivity index (χ2n) is 14.7. The summed E-state index contributed by atoms with van der Waals surface area (Å²) in [5, 5.41) is 18.3. The van der Waals surface area contributed by atoms with E-state index in [9.17, 15) is 24.2 Å². The van der Waals surface area contributed by atoms with E-state index in [0.29, 0.717) is 19.3 Å². The van der Waals surface area contributed by atoms with Crippen LogP contribution in [0, 0.1) is 0 Å². The Balaban J connectivity index is 2.31. The second kappa shape index (κ2) is 36.0. The number of epoxide rings is 1. The Hall–Kier alpha value is -2.11.